The van der Waals surface area contributed by atoms with Gasteiger partial charge in [-0.15, -0.1) is 11.8 Å². The molecular formula is C13H18N2OS. The largest absolute Gasteiger partial charge is 0.351 e. The molecule has 1 fully saturated rings. The molecule has 1 aliphatic carbocycles. The van der Waals surface area contributed by atoms with Gasteiger partial charge in [-0.05, 0) is 49.9 Å². The van der Waals surface area contributed by atoms with E-state index in [-0.39, 0.29) is 11.3 Å². The van der Waals surface area contributed by atoms with Gasteiger partial charge in [0.25, 0.3) is 5.91 Å². The Balaban J connectivity index is 1.90. The molecule has 0 spiro atoms. The van der Waals surface area contributed by atoms with Gasteiger partial charge in [-0.2, -0.15) is 0 Å². The molecule has 92 valence electrons. The molecule has 3 N–H and O–H groups in total. The Hall–Kier alpha value is -1.00. The first-order valence-corrected chi connectivity index (χ1v) is 7.04. The summed E-state index contributed by atoms with van der Waals surface area (Å²) in [5.74, 6) is -0.00243. The van der Waals surface area contributed by atoms with Crippen LogP contribution in [0.5, 0.6) is 0 Å². The molecule has 1 saturated carbocycles. The van der Waals surface area contributed by atoms with Crippen LogP contribution in [0.4, 0.5) is 0 Å². The lowest BCUT2D eigenvalue weighted by Crippen LogP contribution is -2.33. The number of carbonyl (C=O) groups is 1. The lowest BCUT2D eigenvalue weighted by molar-refractivity contribution is 0.0945. The highest BCUT2D eigenvalue weighted by Crippen LogP contribution is 2.43. The van der Waals surface area contributed by atoms with Crippen molar-refractivity contribution in [3.8, 4) is 0 Å². The van der Waals surface area contributed by atoms with Crippen molar-refractivity contribution in [3.05, 3.63) is 29.8 Å². The Morgan fingerprint density at radius 3 is 2.53 bits per heavy atom. The maximum atomic E-state index is 11.9. The average Bonchev–Trinajstić information content (AvgIpc) is 3.17. The van der Waals surface area contributed by atoms with E-state index in [1.165, 1.54) is 4.90 Å². The molecule has 2 rings (SSSR count). The van der Waals surface area contributed by atoms with Crippen molar-refractivity contribution in [2.45, 2.75) is 17.7 Å². The quantitative estimate of drug-likeness (QED) is 0.785. The van der Waals surface area contributed by atoms with Crippen LogP contribution in [0.15, 0.2) is 29.2 Å². The Labute approximate surface area is 106 Å². The maximum Gasteiger partial charge on any atom is 0.251 e. The van der Waals surface area contributed by atoms with E-state index in [1.54, 1.807) is 11.8 Å². The summed E-state index contributed by atoms with van der Waals surface area (Å²) in [7, 11) is 0. The minimum Gasteiger partial charge on any atom is -0.351 e. The number of hydrogen-bond acceptors (Lipinski definition) is 3. The Morgan fingerprint density at radius 2 is 2.06 bits per heavy atom. The molecule has 1 amide bonds. The smallest absolute Gasteiger partial charge is 0.251 e. The first kappa shape index (κ1) is 12.5. The summed E-state index contributed by atoms with van der Waals surface area (Å²) in [6.45, 7) is 1.37. The molecule has 0 heterocycles. The van der Waals surface area contributed by atoms with Crippen LogP contribution in [0.3, 0.4) is 0 Å². The fraction of sp³-hybridized carbons (Fsp3) is 0.462. The van der Waals surface area contributed by atoms with E-state index >= 15 is 0 Å². The van der Waals surface area contributed by atoms with Crippen molar-refractivity contribution in [2.75, 3.05) is 19.3 Å². The van der Waals surface area contributed by atoms with Crippen molar-refractivity contribution in [1.82, 2.24) is 5.32 Å². The van der Waals surface area contributed by atoms with Gasteiger partial charge >= 0.3 is 0 Å². The molecule has 0 aliphatic heterocycles. The summed E-state index contributed by atoms with van der Waals surface area (Å²) in [6, 6.07) is 7.66. The minimum absolute atomic E-state index is 0.00243. The highest BCUT2D eigenvalue weighted by atomic mass is 32.2. The number of hydrogen-bond donors (Lipinski definition) is 2. The molecule has 0 bridgehead atoms. The van der Waals surface area contributed by atoms with E-state index in [2.05, 4.69) is 5.32 Å². The fourth-order valence-corrected chi connectivity index (χ4v) is 2.15. The molecule has 1 aromatic rings. The zero-order valence-electron chi connectivity index (χ0n) is 10.0. The molecule has 0 atom stereocenters. The van der Waals surface area contributed by atoms with Gasteiger partial charge in [0.15, 0.2) is 0 Å². The molecule has 1 aromatic carbocycles. The van der Waals surface area contributed by atoms with E-state index in [9.17, 15) is 4.79 Å². The second-order valence-corrected chi connectivity index (χ2v) is 5.49. The van der Waals surface area contributed by atoms with E-state index in [0.29, 0.717) is 13.1 Å². The molecular weight excluding hydrogens is 232 g/mol. The van der Waals surface area contributed by atoms with Gasteiger partial charge in [0.05, 0.1) is 0 Å². The van der Waals surface area contributed by atoms with Crippen LogP contribution in [0, 0.1) is 5.41 Å². The summed E-state index contributed by atoms with van der Waals surface area (Å²) in [5, 5.41) is 2.96. The van der Waals surface area contributed by atoms with Gasteiger partial charge in [0, 0.05) is 22.4 Å². The minimum atomic E-state index is -0.00243. The normalized spacial score (nSPS) is 16.6. The first-order valence-electron chi connectivity index (χ1n) is 5.81. The number of thioether (sulfide) groups is 1. The monoisotopic (exact) mass is 250 g/mol. The fourth-order valence-electron chi connectivity index (χ4n) is 1.74. The molecule has 0 aromatic heterocycles. The molecule has 1 aliphatic rings. The third kappa shape index (κ3) is 3.01. The van der Waals surface area contributed by atoms with Gasteiger partial charge in [0.2, 0.25) is 0 Å². The maximum absolute atomic E-state index is 11.9. The topological polar surface area (TPSA) is 55.1 Å². The Morgan fingerprint density at radius 1 is 1.41 bits per heavy atom. The Bertz CT molecular complexity index is 398. The summed E-state index contributed by atoms with van der Waals surface area (Å²) in [4.78, 5) is 13.0. The lowest BCUT2D eigenvalue weighted by Gasteiger charge is -2.13. The average molecular weight is 250 g/mol. The summed E-state index contributed by atoms with van der Waals surface area (Å²) < 4.78 is 0. The van der Waals surface area contributed by atoms with Gasteiger partial charge in [-0.3, -0.25) is 4.79 Å². The number of nitrogens with two attached hydrogens (primary N) is 1. The number of amides is 1. The van der Waals surface area contributed by atoms with Crippen molar-refractivity contribution >= 4 is 17.7 Å². The zero-order chi connectivity index (χ0) is 12.3. The highest BCUT2D eigenvalue weighted by molar-refractivity contribution is 7.98. The summed E-state index contributed by atoms with van der Waals surface area (Å²) in [6.07, 6.45) is 4.29. The van der Waals surface area contributed by atoms with E-state index < -0.39 is 0 Å². The van der Waals surface area contributed by atoms with E-state index in [0.717, 1.165) is 18.4 Å². The van der Waals surface area contributed by atoms with Gasteiger partial charge in [-0.1, -0.05) is 0 Å². The summed E-state index contributed by atoms with van der Waals surface area (Å²) >= 11 is 1.67. The third-order valence-electron chi connectivity index (χ3n) is 3.37. The van der Waals surface area contributed by atoms with Crippen LogP contribution in [0.25, 0.3) is 0 Å². The van der Waals surface area contributed by atoms with E-state index in [1.807, 2.05) is 30.5 Å². The van der Waals surface area contributed by atoms with Crippen LogP contribution >= 0.6 is 11.8 Å². The predicted octanol–water partition coefficient (Wildman–Crippen LogP) is 1.88. The highest BCUT2D eigenvalue weighted by Gasteiger charge is 2.41. The van der Waals surface area contributed by atoms with Crippen molar-refractivity contribution in [2.24, 2.45) is 11.1 Å². The van der Waals surface area contributed by atoms with Crippen LogP contribution < -0.4 is 11.1 Å². The van der Waals surface area contributed by atoms with Crippen LogP contribution in [-0.2, 0) is 0 Å². The number of benzene rings is 1. The van der Waals surface area contributed by atoms with Crippen molar-refractivity contribution in [3.63, 3.8) is 0 Å². The standard InChI is InChI=1S/C13H18N2OS/c1-17-11-4-2-10(3-5-11)12(16)15-9-13(8-14)6-7-13/h2-5H,6-9,14H2,1H3,(H,15,16). The van der Waals surface area contributed by atoms with Crippen LogP contribution in [0.1, 0.15) is 23.2 Å². The molecule has 17 heavy (non-hydrogen) atoms. The summed E-state index contributed by atoms with van der Waals surface area (Å²) in [5.41, 5.74) is 6.59. The molecule has 0 saturated heterocycles. The van der Waals surface area contributed by atoms with E-state index in [4.69, 9.17) is 5.73 Å². The second-order valence-electron chi connectivity index (χ2n) is 4.62. The molecule has 3 nitrogen and oxygen atoms in total. The number of rotatable bonds is 5. The predicted molar refractivity (Wildman–Crippen MR) is 71.3 cm³/mol. The van der Waals surface area contributed by atoms with Gasteiger partial charge in [-0.25, -0.2) is 0 Å². The molecule has 0 unspecified atom stereocenters. The molecule has 0 radical (unpaired) electrons. The zero-order valence-corrected chi connectivity index (χ0v) is 10.8. The van der Waals surface area contributed by atoms with Crippen molar-refractivity contribution in [1.29, 1.82) is 0 Å². The number of carbonyl (C=O) groups excluding carboxylic acids is 1. The van der Waals surface area contributed by atoms with Crippen LogP contribution in [0.2, 0.25) is 0 Å². The van der Waals surface area contributed by atoms with Gasteiger partial charge in [0.1, 0.15) is 0 Å². The Kier molecular flexibility index (Phi) is 3.74. The van der Waals surface area contributed by atoms with Crippen molar-refractivity contribution < 1.29 is 4.79 Å². The molecule has 4 heteroatoms. The second kappa shape index (κ2) is 5.10. The first-order chi connectivity index (χ1) is 8.19. The van der Waals surface area contributed by atoms with Crippen LogP contribution in [-0.4, -0.2) is 25.3 Å². The lowest BCUT2D eigenvalue weighted by atomic mass is 10.1. The number of nitrogens with one attached hydrogen (secondary N) is 1. The van der Waals surface area contributed by atoms with Gasteiger partial charge < -0.3 is 11.1 Å². The SMILES string of the molecule is CSc1ccc(C(=O)NCC2(CN)CC2)cc1. The third-order valence-corrected chi connectivity index (χ3v) is 4.11.